The fraction of sp³-hybridized carbons (Fsp3) is 0.176. The van der Waals surface area contributed by atoms with Gasteiger partial charge >= 0.3 is 0 Å². The number of halogens is 2. The van der Waals surface area contributed by atoms with Crippen molar-refractivity contribution < 1.29 is 17.9 Å². The second-order valence-electron chi connectivity index (χ2n) is 4.94. The van der Waals surface area contributed by atoms with Crippen LogP contribution in [0.25, 0.3) is 0 Å². The molecule has 0 atom stereocenters. The van der Waals surface area contributed by atoms with Crippen LogP contribution in [0.5, 0.6) is 11.5 Å². The first-order valence-corrected chi connectivity index (χ1v) is 9.35. The van der Waals surface area contributed by atoms with Gasteiger partial charge in [-0.3, -0.25) is 4.31 Å². The van der Waals surface area contributed by atoms with Gasteiger partial charge in [-0.1, -0.05) is 29.3 Å². The zero-order valence-corrected chi connectivity index (χ0v) is 16.0. The third-order valence-corrected chi connectivity index (χ3v) is 5.91. The van der Waals surface area contributed by atoms with Crippen LogP contribution in [0.1, 0.15) is 0 Å². The van der Waals surface area contributed by atoms with Crippen LogP contribution in [-0.4, -0.2) is 29.2 Å². The number of anilines is 1. The lowest BCUT2D eigenvalue weighted by Gasteiger charge is -2.25. The molecular formula is C17H17Cl2NO4S. The zero-order valence-electron chi connectivity index (χ0n) is 13.7. The van der Waals surface area contributed by atoms with Crippen molar-refractivity contribution in [3.63, 3.8) is 0 Å². The second-order valence-corrected chi connectivity index (χ2v) is 7.61. The van der Waals surface area contributed by atoms with Crippen LogP contribution in [0.3, 0.4) is 0 Å². The van der Waals surface area contributed by atoms with Crippen LogP contribution in [0, 0.1) is 0 Å². The topological polar surface area (TPSA) is 55.8 Å². The summed E-state index contributed by atoms with van der Waals surface area (Å²) in [6.07, 6.45) is 1.47. The van der Waals surface area contributed by atoms with E-state index in [1.165, 1.54) is 38.5 Å². The first-order chi connectivity index (χ1) is 11.8. The number of methoxy groups -OCH3 is 2. The number of sulfonamides is 1. The highest BCUT2D eigenvalue weighted by molar-refractivity contribution is 7.93. The number of ether oxygens (including phenoxy) is 2. The lowest BCUT2D eigenvalue weighted by atomic mass is 10.2. The summed E-state index contributed by atoms with van der Waals surface area (Å²) in [7, 11) is -1.04. The number of hydrogen-bond acceptors (Lipinski definition) is 4. The average Bonchev–Trinajstić information content (AvgIpc) is 2.61. The van der Waals surface area contributed by atoms with E-state index in [0.29, 0.717) is 17.2 Å². The molecule has 8 heteroatoms. The van der Waals surface area contributed by atoms with Crippen LogP contribution in [0.15, 0.2) is 53.9 Å². The molecule has 0 saturated heterocycles. The molecule has 25 heavy (non-hydrogen) atoms. The van der Waals surface area contributed by atoms with Crippen molar-refractivity contribution in [1.29, 1.82) is 0 Å². The van der Waals surface area contributed by atoms with Crippen molar-refractivity contribution in [3.05, 3.63) is 59.1 Å². The molecule has 0 aliphatic rings. The Morgan fingerprint density at radius 1 is 1.12 bits per heavy atom. The van der Waals surface area contributed by atoms with Gasteiger partial charge in [0.1, 0.15) is 16.4 Å². The van der Waals surface area contributed by atoms with E-state index in [1.807, 2.05) is 0 Å². The van der Waals surface area contributed by atoms with E-state index in [0.717, 1.165) is 4.31 Å². The van der Waals surface area contributed by atoms with Crippen molar-refractivity contribution in [2.45, 2.75) is 4.90 Å². The van der Waals surface area contributed by atoms with Crippen LogP contribution < -0.4 is 13.8 Å². The largest absolute Gasteiger partial charge is 0.497 e. The van der Waals surface area contributed by atoms with Crippen molar-refractivity contribution in [2.75, 3.05) is 25.1 Å². The predicted molar refractivity (Wildman–Crippen MR) is 101 cm³/mol. The molecular weight excluding hydrogens is 385 g/mol. The Hall–Kier alpha value is -1.89. The summed E-state index contributed by atoms with van der Waals surface area (Å²) >= 11 is 12.0. The van der Waals surface area contributed by atoms with E-state index in [1.54, 1.807) is 18.2 Å². The van der Waals surface area contributed by atoms with Crippen molar-refractivity contribution >= 4 is 38.9 Å². The molecule has 2 aromatic rings. The number of rotatable bonds is 7. The summed E-state index contributed by atoms with van der Waals surface area (Å²) in [4.78, 5) is -0.0959. The molecule has 0 amide bonds. The molecule has 5 nitrogen and oxygen atoms in total. The highest BCUT2D eigenvalue weighted by Gasteiger charge is 2.29. The number of hydrogen-bond donors (Lipinski definition) is 0. The molecule has 0 aromatic heterocycles. The molecule has 0 spiro atoms. The Kier molecular flexibility index (Phi) is 6.21. The maximum Gasteiger partial charge on any atom is 0.266 e. The molecule has 0 heterocycles. The van der Waals surface area contributed by atoms with Crippen molar-refractivity contribution in [3.8, 4) is 11.5 Å². The lowest BCUT2D eigenvalue weighted by molar-refractivity contribution is 0.395. The second kappa shape index (κ2) is 7.99. The molecule has 2 rings (SSSR count). The van der Waals surface area contributed by atoms with E-state index in [4.69, 9.17) is 32.7 Å². The molecule has 0 fully saturated rings. The van der Waals surface area contributed by atoms with E-state index in [-0.39, 0.29) is 21.5 Å². The minimum atomic E-state index is -4.00. The highest BCUT2D eigenvalue weighted by Crippen LogP contribution is 2.37. The van der Waals surface area contributed by atoms with Gasteiger partial charge in [0.15, 0.2) is 0 Å². The molecule has 0 aliphatic heterocycles. The summed E-state index contributed by atoms with van der Waals surface area (Å²) in [5.74, 6) is 0.875. The SMILES string of the molecule is C=CCN(c1ccc(OC)cc1OC)S(=O)(=O)c1cc(Cl)ccc1Cl. The van der Waals surface area contributed by atoms with Crippen LogP contribution in [0.2, 0.25) is 10.0 Å². The third kappa shape index (κ3) is 4.03. The lowest BCUT2D eigenvalue weighted by Crippen LogP contribution is -2.31. The van der Waals surface area contributed by atoms with Gasteiger partial charge < -0.3 is 9.47 Å². The quantitative estimate of drug-likeness (QED) is 0.645. The maximum atomic E-state index is 13.2. The van der Waals surface area contributed by atoms with E-state index >= 15 is 0 Å². The van der Waals surface area contributed by atoms with Gasteiger partial charge in [-0.2, -0.15) is 0 Å². The normalized spacial score (nSPS) is 11.0. The Bertz CT molecular complexity index is 884. The monoisotopic (exact) mass is 401 g/mol. The molecule has 0 bridgehead atoms. The highest BCUT2D eigenvalue weighted by atomic mass is 35.5. The third-order valence-electron chi connectivity index (χ3n) is 3.41. The molecule has 0 radical (unpaired) electrons. The average molecular weight is 402 g/mol. The fourth-order valence-corrected chi connectivity index (χ4v) is 4.41. The Labute approximate surface area is 157 Å². The van der Waals surface area contributed by atoms with Gasteiger partial charge in [0.25, 0.3) is 10.0 Å². The molecule has 0 aliphatic carbocycles. The molecule has 2 aromatic carbocycles. The van der Waals surface area contributed by atoms with Crippen molar-refractivity contribution in [1.82, 2.24) is 0 Å². The van der Waals surface area contributed by atoms with Gasteiger partial charge in [0.2, 0.25) is 0 Å². The van der Waals surface area contributed by atoms with Gasteiger partial charge in [-0.05, 0) is 30.3 Å². The zero-order chi connectivity index (χ0) is 18.6. The summed E-state index contributed by atoms with van der Waals surface area (Å²) in [6, 6.07) is 9.11. The Morgan fingerprint density at radius 2 is 1.84 bits per heavy atom. The van der Waals surface area contributed by atoms with E-state index in [2.05, 4.69) is 6.58 Å². The minimum absolute atomic E-state index is 0.0217. The Balaban J connectivity index is 2.65. The molecule has 134 valence electrons. The van der Waals surface area contributed by atoms with Crippen LogP contribution >= 0.6 is 23.2 Å². The van der Waals surface area contributed by atoms with Gasteiger partial charge in [0, 0.05) is 11.1 Å². The first-order valence-electron chi connectivity index (χ1n) is 7.16. The summed E-state index contributed by atoms with van der Waals surface area (Å²) < 4.78 is 38.0. The van der Waals surface area contributed by atoms with Gasteiger partial charge in [-0.15, -0.1) is 6.58 Å². The summed E-state index contributed by atoms with van der Waals surface area (Å²) in [5, 5.41) is 0.342. The minimum Gasteiger partial charge on any atom is -0.497 e. The fourth-order valence-electron chi connectivity index (χ4n) is 2.23. The standard InChI is InChI=1S/C17H17Cl2NO4S/c1-4-9-20(15-8-6-13(23-2)11-16(15)24-3)25(21,22)17-10-12(18)5-7-14(17)19/h4-8,10-11H,1,9H2,2-3H3. The summed E-state index contributed by atoms with van der Waals surface area (Å²) in [5.41, 5.74) is 0.333. The Morgan fingerprint density at radius 3 is 2.44 bits per heavy atom. The summed E-state index contributed by atoms with van der Waals surface area (Å²) in [6.45, 7) is 3.65. The molecule has 0 unspecified atom stereocenters. The van der Waals surface area contributed by atoms with Crippen LogP contribution in [-0.2, 0) is 10.0 Å². The number of benzene rings is 2. The smallest absolute Gasteiger partial charge is 0.266 e. The number of nitrogens with zero attached hydrogens (tertiary/aromatic N) is 1. The predicted octanol–water partition coefficient (Wildman–Crippen LogP) is 4.39. The maximum absolute atomic E-state index is 13.2. The van der Waals surface area contributed by atoms with E-state index in [9.17, 15) is 8.42 Å². The molecule has 0 N–H and O–H groups in total. The van der Waals surface area contributed by atoms with Crippen molar-refractivity contribution in [2.24, 2.45) is 0 Å². The van der Waals surface area contributed by atoms with E-state index < -0.39 is 10.0 Å². The van der Waals surface area contributed by atoms with Gasteiger partial charge in [-0.25, -0.2) is 8.42 Å². The molecule has 0 saturated carbocycles. The van der Waals surface area contributed by atoms with Gasteiger partial charge in [0.05, 0.1) is 31.5 Å². The van der Waals surface area contributed by atoms with Crippen LogP contribution in [0.4, 0.5) is 5.69 Å². The first kappa shape index (κ1) is 19.4.